The second-order valence-electron chi connectivity index (χ2n) is 5.94. The summed E-state index contributed by atoms with van der Waals surface area (Å²) in [5.41, 5.74) is 0.403. The van der Waals surface area contributed by atoms with E-state index in [1.165, 1.54) is 55.5 Å². The normalized spacial score (nSPS) is 14.9. The van der Waals surface area contributed by atoms with E-state index in [0.29, 0.717) is 5.69 Å². The number of nitrogens with zero attached hydrogens (tertiary/aromatic N) is 1. The van der Waals surface area contributed by atoms with Crippen molar-refractivity contribution in [3.63, 3.8) is 0 Å². The number of carboxylic acid groups (broad SMARTS) is 2. The molecule has 1 amide bonds. The van der Waals surface area contributed by atoms with E-state index in [-0.39, 0.29) is 37.4 Å². The number of aromatic carboxylic acids is 2. The van der Waals surface area contributed by atoms with Gasteiger partial charge in [0.15, 0.2) is 15.8 Å². The Labute approximate surface area is 180 Å². The van der Waals surface area contributed by atoms with Gasteiger partial charge in [0.05, 0.1) is 30.4 Å². The number of hydrogen-bond acceptors (Lipinski definition) is 7. The first kappa shape index (κ1) is 21.3. The number of thioether (sulfide) groups is 1. The summed E-state index contributed by atoms with van der Waals surface area (Å²) in [5.74, 6) is -2.59. The van der Waals surface area contributed by atoms with Gasteiger partial charge in [0.2, 0.25) is 0 Å². The van der Waals surface area contributed by atoms with Crippen molar-refractivity contribution in [2.45, 2.75) is 0 Å². The molecule has 1 aliphatic heterocycles. The van der Waals surface area contributed by atoms with E-state index in [1.807, 2.05) is 0 Å². The fourth-order valence-corrected chi connectivity index (χ4v) is 4.18. The molecule has 1 heterocycles. The van der Waals surface area contributed by atoms with Gasteiger partial charge in [-0.1, -0.05) is 36.1 Å². The predicted molar refractivity (Wildman–Crippen MR) is 116 cm³/mol. The molecule has 154 valence electrons. The fraction of sp³-hybridized carbons (Fsp3) is 0.100. The van der Waals surface area contributed by atoms with Crippen LogP contribution in [0.4, 0.5) is 5.69 Å². The summed E-state index contributed by atoms with van der Waals surface area (Å²) in [5, 5.41) is 18.8. The Morgan fingerprint density at radius 1 is 1.10 bits per heavy atom. The number of methoxy groups -OCH3 is 2. The third kappa shape index (κ3) is 3.87. The van der Waals surface area contributed by atoms with Crippen molar-refractivity contribution in [1.29, 1.82) is 0 Å². The summed E-state index contributed by atoms with van der Waals surface area (Å²) >= 11 is 6.28. The molecule has 1 aliphatic rings. The second kappa shape index (κ2) is 8.56. The number of carbonyl (C=O) groups excluding carboxylic acids is 1. The van der Waals surface area contributed by atoms with Crippen LogP contribution in [0.1, 0.15) is 26.3 Å². The van der Waals surface area contributed by atoms with E-state index < -0.39 is 17.8 Å². The number of ether oxygens (including phenoxy) is 2. The van der Waals surface area contributed by atoms with E-state index in [1.54, 1.807) is 6.07 Å². The smallest absolute Gasteiger partial charge is 0.340 e. The number of anilines is 1. The van der Waals surface area contributed by atoms with Gasteiger partial charge in [-0.05, 0) is 35.9 Å². The molecule has 0 bridgehead atoms. The Balaban J connectivity index is 2.05. The summed E-state index contributed by atoms with van der Waals surface area (Å²) in [4.78, 5) is 37.4. The molecule has 0 aliphatic carbocycles. The molecule has 30 heavy (non-hydrogen) atoms. The molecule has 1 saturated heterocycles. The van der Waals surface area contributed by atoms with Gasteiger partial charge in [0.1, 0.15) is 5.56 Å². The van der Waals surface area contributed by atoms with Crippen LogP contribution in [0.25, 0.3) is 6.08 Å². The van der Waals surface area contributed by atoms with E-state index in [0.717, 1.165) is 11.8 Å². The first-order valence-electron chi connectivity index (χ1n) is 8.38. The number of carbonyl (C=O) groups is 3. The Morgan fingerprint density at radius 3 is 2.43 bits per heavy atom. The highest BCUT2D eigenvalue weighted by Crippen LogP contribution is 2.39. The number of carboxylic acids is 2. The maximum Gasteiger partial charge on any atom is 0.340 e. The Bertz CT molecular complexity index is 1110. The van der Waals surface area contributed by atoms with Crippen LogP contribution in [0.5, 0.6) is 11.5 Å². The number of thiocarbonyl (C=S) groups is 1. The minimum absolute atomic E-state index is 0.0126. The lowest BCUT2D eigenvalue weighted by Gasteiger charge is -2.15. The maximum absolute atomic E-state index is 13.0. The molecule has 1 fully saturated rings. The largest absolute Gasteiger partial charge is 0.493 e. The zero-order valence-corrected chi connectivity index (χ0v) is 17.4. The number of hydrogen-bond donors (Lipinski definition) is 2. The first-order chi connectivity index (χ1) is 14.3. The van der Waals surface area contributed by atoms with Crippen molar-refractivity contribution in [2.24, 2.45) is 0 Å². The molecule has 2 N–H and O–H groups in total. The topological polar surface area (TPSA) is 113 Å². The van der Waals surface area contributed by atoms with Crippen LogP contribution < -0.4 is 14.4 Å². The lowest BCUT2D eigenvalue weighted by atomic mass is 10.0. The van der Waals surface area contributed by atoms with Gasteiger partial charge < -0.3 is 19.7 Å². The van der Waals surface area contributed by atoms with E-state index >= 15 is 0 Å². The third-order valence-electron chi connectivity index (χ3n) is 4.22. The average molecular weight is 445 g/mol. The molecule has 0 spiro atoms. The van der Waals surface area contributed by atoms with Crippen LogP contribution in [0.3, 0.4) is 0 Å². The molecule has 3 rings (SSSR count). The highest BCUT2D eigenvalue weighted by Gasteiger charge is 2.34. The zero-order chi connectivity index (χ0) is 22.0. The van der Waals surface area contributed by atoms with Gasteiger partial charge in [0, 0.05) is 0 Å². The van der Waals surface area contributed by atoms with E-state index in [9.17, 15) is 24.6 Å². The molecule has 0 radical (unpaired) electrons. The van der Waals surface area contributed by atoms with Crippen LogP contribution in [-0.2, 0) is 4.79 Å². The third-order valence-corrected chi connectivity index (χ3v) is 5.53. The summed E-state index contributed by atoms with van der Waals surface area (Å²) < 4.78 is 10.5. The van der Waals surface area contributed by atoms with Gasteiger partial charge in [-0.3, -0.25) is 9.69 Å². The van der Waals surface area contributed by atoms with Crippen LogP contribution >= 0.6 is 24.0 Å². The standard InChI is InChI=1S/C20H15NO7S2/c1-27-13-7-6-10(15(19(25)26)16(13)28-2)9-14-17(22)21(20(29)30-14)12-5-3-4-11(8-12)18(23)24/h3-9H,1-2H3,(H,23,24)(H,25,26)/b14-9-. The monoisotopic (exact) mass is 445 g/mol. The maximum atomic E-state index is 13.0. The molecule has 2 aromatic rings. The van der Waals surface area contributed by atoms with Crippen molar-refractivity contribution < 1.29 is 34.1 Å². The van der Waals surface area contributed by atoms with Gasteiger partial charge in [-0.2, -0.15) is 0 Å². The summed E-state index contributed by atoms with van der Waals surface area (Å²) in [7, 11) is 2.71. The van der Waals surface area contributed by atoms with Crippen molar-refractivity contribution in [2.75, 3.05) is 19.1 Å². The number of amides is 1. The quantitative estimate of drug-likeness (QED) is 0.509. The average Bonchev–Trinajstić information content (AvgIpc) is 3.00. The lowest BCUT2D eigenvalue weighted by molar-refractivity contribution is -0.113. The Hall–Kier alpha value is -3.37. The van der Waals surface area contributed by atoms with Crippen molar-refractivity contribution in [3.05, 3.63) is 58.0 Å². The Kier molecular flexibility index (Phi) is 6.09. The van der Waals surface area contributed by atoms with Gasteiger partial charge in [-0.25, -0.2) is 9.59 Å². The molecule has 0 atom stereocenters. The zero-order valence-electron chi connectivity index (χ0n) is 15.7. The van der Waals surface area contributed by atoms with Crippen molar-refractivity contribution in [1.82, 2.24) is 0 Å². The molecular weight excluding hydrogens is 430 g/mol. The van der Waals surface area contributed by atoms with Gasteiger partial charge in [-0.15, -0.1) is 0 Å². The summed E-state index contributed by atoms with van der Waals surface area (Å²) in [6.07, 6.45) is 1.41. The highest BCUT2D eigenvalue weighted by atomic mass is 32.2. The van der Waals surface area contributed by atoms with E-state index in [2.05, 4.69) is 0 Å². The molecule has 0 aromatic heterocycles. The van der Waals surface area contributed by atoms with Crippen LogP contribution in [0.2, 0.25) is 0 Å². The first-order valence-corrected chi connectivity index (χ1v) is 9.60. The Morgan fingerprint density at radius 2 is 1.83 bits per heavy atom. The van der Waals surface area contributed by atoms with Gasteiger partial charge >= 0.3 is 11.9 Å². The fourth-order valence-electron chi connectivity index (χ4n) is 2.89. The van der Waals surface area contributed by atoms with Gasteiger partial charge in [0.25, 0.3) is 5.91 Å². The highest BCUT2D eigenvalue weighted by molar-refractivity contribution is 8.27. The van der Waals surface area contributed by atoms with E-state index in [4.69, 9.17) is 21.7 Å². The SMILES string of the molecule is COc1ccc(/C=C2\SC(=S)N(c3cccc(C(=O)O)c3)C2=O)c(C(=O)O)c1OC. The number of benzene rings is 2. The van der Waals surface area contributed by atoms with Crippen molar-refractivity contribution >= 4 is 57.9 Å². The number of rotatable bonds is 6. The second-order valence-corrected chi connectivity index (χ2v) is 7.62. The van der Waals surface area contributed by atoms with Crippen LogP contribution in [-0.4, -0.2) is 46.6 Å². The minimum atomic E-state index is -1.25. The van der Waals surface area contributed by atoms with Crippen LogP contribution in [0.15, 0.2) is 41.3 Å². The molecular formula is C20H15NO7S2. The lowest BCUT2D eigenvalue weighted by Crippen LogP contribution is -2.27. The molecule has 0 saturated carbocycles. The minimum Gasteiger partial charge on any atom is -0.493 e. The molecule has 8 nitrogen and oxygen atoms in total. The summed E-state index contributed by atoms with van der Waals surface area (Å²) in [6.45, 7) is 0. The predicted octanol–water partition coefficient (Wildman–Crippen LogP) is 3.51. The summed E-state index contributed by atoms with van der Waals surface area (Å²) in [6, 6.07) is 8.87. The molecule has 0 unspecified atom stereocenters. The molecule has 2 aromatic carbocycles. The van der Waals surface area contributed by atoms with Crippen LogP contribution in [0, 0.1) is 0 Å². The van der Waals surface area contributed by atoms with Crippen molar-refractivity contribution in [3.8, 4) is 11.5 Å². The molecule has 10 heteroatoms.